The number of benzene rings is 11. The average Bonchev–Trinajstić information content (AvgIpc) is 4.29. The van der Waals surface area contributed by atoms with Crippen LogP contribution >= 0.6 is 22.7 Å². The molecule has 5 heterocycles. The van der Waals surface area contributed by atoms with Crippen molar-refractivity contribution in [1.29, 1.82) is 0 Å². The zero-order valence-electron chi connectivity index (χ0n) is 40.7. The summed E-state index contributed by atoms with van der Waals surface area (Å²) in [6, 6.07) is 89.9. The molecule has 0 bridgehead atoms. The highest BCUT2D eigenvalue weighted by molar-refractivity contribution is 7.26. The highest BCUT2D eigenvalue weighted by Crippen LogP contribution is 2.44. The number of thiophene rings is 2. The molecule has 0 saturated heterocycles. The van der Waals surface area contributed by atoms with E-state index in [9.17, 15) is 0 Å². The topological polar surface area (TPSA) is 48.5 Å². The fourth-order valence-electron chi connectivity index (χ4n) is 11.7. The summed E-state index contributed by atoms with van der Waals surface area (Å²) in [5, 5.41) is 9.60. The van der Waals surface area contributed by atoms with E-state index in [4.69, 9.17) is 15.0 Å². The van der Waals surface area contributed by atoms with E-state index in [1.54, 1.807) is 0 Å². The Balaban J connectivity index is 0.979. The molecule has 0 spiro atoms. The van der Waals surface area contributed by atoms with E-state index in [-0.39, 0.29) is 0 Å². The van der Waals surface area contributed by atoms with Gasteiger partial charge in [-0.15, -0.1) is 22.7 Å². The normalized spacial score (nSPS) is 11.9. The van der Waals surface area contributed by atoms with Crippen molar-refractivity contribution in [3.8, 4) is 67.8 Å². The van der Waals surface area contributed by atoms with Crippen molar-refractivity contribution in [2.45, 2.75) is 0 Å². The van der Waals surface area contributed by atoms with Crippen LogP contribution in [0.4, 0.5) is 0 Å². The summed E-state index contributed by atoms with van der Waals surface area (Å²) in [6.07, 6.45) is 0. The van der Waals surface area contributed by atoms with Crippen LogP contribution < -0.4 is 0 Å². The van der Waals surface area contributed by atoms with Crippen molar-refractivity contribution in [1.82, 2.24) is 24.1 Å². The number of aromatic nitrogens is 5. The van der Waals surface area contributed by atoms with Crippen molar-refractivity contribution >= 4 is 107 Å². The molecule has 11 aromatic carbocycles. The largest absolute Gasteiger partial charge is 0.278 e. The second-order valence-electron chi connectivity index (χ2n) is 19.5. The predicted molar refractivity (Wildman–Crippen MR) is 321 cm³/mol. The lowest BCUT2D eigenvalue weighted by Gasteiger charge is -2.17. The summed E-state index contributed by atoms with van der Waals surface area (Å²) < 4.78 is 9.67. The van der Waals surface area contributed by atoms with Gasteiger partial charge in [-0.1, -0.05) is 188 Å². The third kappa shape index (κ3) is 6.73. The second kappa shape index (κ2) is 17.0. The van der Waals surface area contributed by atoms with E-state index >= 15 is 0 Å². The average molecular weight is 1000 g/mol. The molecule has 0 unspecified atom stereocenters. The number of hydrogen-bond acceptors (Lipinski definition) is 5. The van der Waals surface area contributed by atoms with Crippen LogP contribution in [0, 0.1) is 0 Å². The second-order valence-corrected chi connectivity index (χ2v) is 21.7. The highest BCUT2D eigenvalue weighted by atomic mass is 32.1. The fraction of sp³-hybridized carbons (Fsp3) is 0. The fourth-order valence-corrected chi connectivity index (χ4v) is 13.9. The summed E-state index contributed by atoms with van der Waals surface area (Å²) in [5.74, 6) is 1.64. The maximum Gasteiger partial charge on any atom is 0.240 e. The number of fused-ring (bicyclic) bond motifs is 12. The van der Waals surface area contributed by atoms with Crippen molar-refractivity contribution in [2.24, 2.45) is 0 Å². The molecular weight excluding hydrogens is 963 g/mol. The van der Waals surface area contributed by atoms with Gasteiger partial charge in [0.15, 0.2) is 5.82 Å². The SMILES string of the molecule is c1ccc(-c2cccc(-c3nc(-n4c5ccccc5c5ccc(-c6ccc7sc8ccccc8c7c6)cc54)nc(-n4c5ccccc5c5ccc(-c6ccc7sc8ccccc8c7c6)cc54)n3)c2-c2ccccc2)cc1. The van der Waals surface area contributed by atoms with Gasteiger partial charge in [0, 0.05) is 73.0 Å². The first kappa shape index (κ1) is 42.9. The molecule has 0 aliphatic rings. The van der Waals surface area contributed by atoms with Crippen LogP contribution in [0.3, 0.4) is 0 Å². The zero-order valence-corrected chi connectivity index (χ0v) is 42.4. The molecule has 0 radical (unpaired) electrons. The zero-order chi connectivity index (χ0) is 49.8. The Morgan fingerprint density at radius 2 is 0.658 bits per heavy atom. The molecule has 76 heavy (non-hydrogen) atoms. The van der Waals surface area contributed by atoms with Gasteiger partial charge in [-0.2, -0.15) is 15.0 Å². The standard InChI is InChI=1S/C69H41N5S2/c1-3-16-42(17-4-1)48-24-15-25-55(66(48)43-18-5-2-6-19-43)67-70-68(73-58-26-11-7-20-49(58)51-34-30-46(40-60(51)73)44-32-36-64-56(38-44)53-22-9-13-28-62(53)75-64)72-69(71-67)74-59-27-12-8-21-50(59)52-35-31-47(41-61(52)74)45-33-37-65-57(39-45)54-23-10-14-29-63(54)76-65/h1-41H. The number of hydrogen-bond donors (Lipinski definition) is 0. The first-order valence-electron chi connectivity index (χ1n) is 25.6. The third-order valence-corrected chi connectivity index (χ3v) is 17.5. The van der Waals surface area contributed by atoms with Gasteiger partial charge in [0.25, 0.3) is 0 Å². The predicted octanol–water partition coefficient (Wildman–Crippen LogP) is 19.1. The van der Waals surface area contributed by atoms with Crippen molar-refractivity contribution in [3.05, 3.63) is 249 Å². The molecular formula is C69H41N5S2. The van der Waals surface area contributed by atoms with Crippen LogP contribution in [0.2, 0.25) is 0 Å². The molecule has 7 heteroatoms. The van der Waals surface area contributed by atoms with Gasteiger partial charge in [0.2, 0.25) is 11.9 Å². The Morgan fingerprint density at radius 1 is 0.250 bits per heavy atom. The van der Waals surface area contributed by atoms with Gasteiger partial charge in [0.05, 0.1) is 22.1 Å². The molecule has 5 aromatic heterocycles. The van der Waals surface area contributed by atoms with E-state index < -0.39 is 0 Å². The van der Waals surface area contributed by atoms with Crippen LogP contribution in [-0.2, 0) is 0 Å². The van der Waals surface area contributed by atoms with Crippen LogP contribution in [0.5, 0.6) is 0 Å². The molecule has 16 rings (SSSR count). The Kier molecular flexibility index (Phi) is 9.61. The first-order valence-corrected chi connectivity index (χ1v) is 27.2. The van der Waals surface area contributed by atoms with Crippen molar-refractivity contribution < 1.29 is 0 Å². The van der Waals surface area contributed by atoms with Gasteiger partial charge >= 0.3 is 0 Å². The number of rotatable bonds is 7. The van der Waals surface area contributed by atoms with E-state index in [1.165, 1.54) is 40.3 Å². The van der Waals surface area contributed by atoms with Gasteiger partial charge in [0.1, 0.15) is 0 Å². The molecule has 16 aromatic rings. The molecule has 5 nitrogen and oxygen atoms in total. The summed E-state index contributed by atoms with van der Waals surface area (Å²) in [5.41, 5.74) is 13.9. The molecule has 0 N–H and O–H groups in total. The molecule has 0 aliphatic carbocycles. The monoisotopic (exact) mass is 1000 g/mol. The lowest BCUT2D eigenvalue weighted by atomic mass is 9.90. The number of para-hydroxylation sites is 2. The van der Waals surface area contributed by atoms with E-state index in [0.29, 0.717) is 17.7 Å². The van der Waals surface area contributed by atoms with Gasteiger partial charge in [-0.25, -0.2) is 0 Å². The smallest absolute Gasteiger partial charge is 0.240 e. The number of nitrogens with zero attached hydrogens (tertiary/aromatic N) is 5. The molecule has 0 fully saturated rings. The lowest BCUT2D eigenvalue weighted by Crippen LogP contribution is -2.10. The summed E-state index contributed by atoms with van der Waals surface area (Å²) in [4.78, 5) is 17.0. The highest BCUT2D eigenvalue weighted by Gasteiger charge is 2.24. The van der Waals surface area contributed by atoms with Crippen LogP contribution in [0.1, 0.15) is 0 Å². The van der Waals surface area contributed by atoms with Gasteiger partial charge in [-0.3, -0.25) is 9.13 Å². The maximum atomic E-state index is 5.67. The Bertz CT molecular complexity index is 4750. The van der Waals surface area contributed by atoms with Gasteiger partial charge in [-0.05, 0) is 99.6 Å². The maximum absolute atomic E-state index is 5.67. The van der Waals surface area contributed by atoms with E-state index in [1.807, 2.05) is 22.7 Å². The van der Waals surface area contributed by atoms with E-state index in [0.717, 1.165) is 93.7 Å². The lowest BCUT2D eigenvalue weighted by molar-refractivity contribution is 0.893. The van der Waals surface area contributed by atoms with E-state index in [2.05, 4.69) is 258 Å². The van der Waals surface area contributed by atoms with Gasteiger partial charge < -0.3 is 0 Å². The molecule has 0 saturated carbocycles. The Hall–Kier alpha value is -9.53. The molecule has 354 valence electrons. The Labute approximate surface area is 444 Å². The van der Waals surface area contributed by atoms with Crippen molar-refractivity contribution in [2.75, 3.05) is 0 Å². The molecule has 0 atom stereocenters. The van der Waals surface area contributed by atoms with Crippen molar-refractivity contribution in [3.63, 3.8) is 0 Å². The minimum absolute atomic E-state index is 0.531. The molecule has 0 aliphatic heterocycles. The van der Waals surface area contributed by atoms with Crippen LogP contribution in [0.25, 0.3) is 152 Å². The minimum atomic E-state index is 0.531. The summed E-state index contributed by atoms with van der Waals surface area (Å²) in [7, 11) is 0. The minimum Gasteiger partial charge on any atom is -0.278 e. The summed E-state index contributed by atoms with van der Waals surface area (Å²) in [6.45, 7) is 0. The van der Waals surface area contributed by atoms with Crippen LogP contribution in [0.15, 0.2) is 249 Å². The molecule has 0 amide bonds. The Morgan fingerprint density at radius 3 is 1.20 bits per heavy atom. The third-order valence-electron chi connectivity index (χ3n) is 15.2. The quantitative estimate of drug-likeness (QED) is 0.160. The summed E-state index contributed by atoms with van der Waals surface area (Å²) >= 11 is 3.69. The first-order chi connectivity index (χ1) is 37.7. The van der Waals surface area contributed by atoms with Crippen LogP contribution in [-0.4, -0.2) is 24.1 Å².